The number of carbonyl (C=O) groups is 1. The van der Waals surface area contributed by atoms with Gasteiger partial charge in [-0.1, -0.05) is 13.3 Å². The molecule has 0 bridgehead atoms. The lowest BCUT2D eigenvalue weighted by atomic mass is 10.1. The van der Waals surface area contributed by atoms with Crippen molar-refractivity contribution < 1.29 is 14.3 Å². The summed E-state index contributed by atoms with van der Waals surface area (Å²) in [7, 11) is 1.81. The van der Waals surface area contributed by atoms with Crippen molar-refractivity contribution in [3.8, 4) is 0 Å². The average Bonchev–Trinajstić information content (AvgIpc) is 2.25. The maximum absolute atomic E-state index is 12.9. The van der Waals surface area contributed by atoms with E-state index in [0.29, 0.717) is 5.69 Å². The Bertz CT molecular complexity index is 379. The summed E-state index contributed by atoms with van der Waals surface area (Å²) in [5.74, 6) is -1.62. The summed E-state index contributed by atoms with van der Waals surface area (Å²) in [4.78, 5) is 12.8. The van der Waals surface area contributed by atoms with Crippen LogP contribution >= 0.6 is 0 Å². The first-order valence-corrected chi connectivity index (χ1v) is 5.30. The zero-order chi connectivity index (χ0) is 12.1. The van der Waals surface area contributed by atoms with E-state index < -0.39 is 11.8 Å². The lowest BCUT2D eigenvalue weighted by Crippen LogP contribution is -2.21. The Kier molecular flexibility index (Phi) is 4.28. The molecule has 0 atom stereocenters. The van der Waals surface area contributed by atoms with Gasteiger partial charge >= 0.3 is 5.97 Å². The molecule has 0 unspecified atom stereocenters. The minimum atomic E-state index is -1.10. The highest BCUT2D eigenvalue weighted by atomic mass is 19.1. The number of anilines is 1. The second-order valence-corrected chi connectivity index (χ2v) is 3.74. The molecule has 0 aliphatic heterocycles. The number of hydrogen-bond donors (Lipinski definition) is 1. The van der Waals surface area contributed by atoms with Crippen LogP contribution in [-0.4, -0.2) is 24.7 Å². The number of unbranched alkanes of at least 4 members (excludes halogenated alkanes) is 1. The van der Waals surface area contributed by atoms with Crippen LogP contribution in [0.4, 0.5) is 10.1 Å². The molecular formula is C12H16FNO2. The maximum Gasteiger partial charge on any atom is 0.337 e. The van der Waals surface area contributed by atoms with Gasteiger partial charge in [0.25, 0.3) is 0 Å². The molecule has 0 radical (unpaired) electrons. The molecule has 0 spiro atoms. The molecule has 0 saturated carbocycles. The Morgan fingerprint density at radius 1 is 1.50 bits per heavy atom. The second kappa shape index (κ2) is 5.49. The van der Waals surface area contributed by atoms with Crippen molar-refractivity contribution in [2.45, 2.75) is 19.8 Å². The van der Waals surface area contributed by atoms with Gasteiger partial charge in [0.2, 0.25) is 0 Å². The van der Waals surface area contributed by atoms with Gasteiger partial charge in [-0.15, -0.1) is 0 Å². The van der Waals surface area contributed by atoms with Crippen LogP contribution < -0.4 is 4.90 Å². The van der Waals surface area contributed by atoms with E-state index in [1.54, 1.807) is 0 Å². The van der Waals surface area contributed by atoms with Crippen LogP contribution in [0, 0.1) is 5.82 Å². The molecule has 16 heavy (non-hydrogen) atoms. The molecule has 1 aromatic carbocycles. The summed E-state index contributed by atoms with van der Waals surface area (Å²) >= 11 is 0. The molecule has 0 aliphatic rings. The maximum atomic E-state index is 12.9. The van der Waals surface area contributed by atoms with Crippen LogP contribution in [0.3, 0.4) is 0 Å². The van der Waals surface area contributed by atoms with E-state index in [-0.39, 0.29) is 5.56 Å². The predicted molar refractivity (Wildman–Crippen MR) is 61.5 cm³/mol. The quantitative estimate of drug-likeness (QED) is 0.837. The Labute approximate surface area is 94.5 Å². The van der Waals surface area contributed by atoms with Crippen LogP contribution in [0.1, 0.15) is 30.1 Å². The van der Waals surface area contributed by atoms with E-state index >= 15 is 0 Å². The van der Waals surface area contributed by atoms with Crippen LogP contribution in [0.5, 0.6) is 0 Å². The molecule has 1 N–H and O–H groups in total. The topological polar surface area (TPSA) is 40.5 Å². The summed E-state index contributed by atoms with van der Waals surface area (Å²) in [6.07, 6.45) is 2.01. The first-order chi connectivity index (χ1) is 7.56. The first-order valence-electron chi connectivity index (χ1n) is 5.30. The van der Waals surface area contributed by atoms with E-state index in [4.69, 9.17) is 5.11 Å². The highest BCUT2D eigenvalue weighted by Gasteiger charge is 2.13. The van der Waals surface area contributed by atoms with Crippen molar-refractivity contribution in [2.75, 3.05) is 18.5 Å². The smallest absolute Gasteiger partial charge is 0.337 e. The summed E-state index contributed by atoms with van der Waals surface area (Å²) in [5.41, 5.74) is 0.570. The third-order valence-corrected chi connectivity index (χ3v) is 2.45. The van der Waals surface area contributed by atoms with Crippen molar-refractivity contribution >= 4 is 11.7 Å². The fourth-order valence-electron chi connectivity index (χ4n) is 1.53. The van der Waals surface area contributed by atoms with Crippen LogP contribution in [-0.2, 0) is 0 Å². The van der Waals surface area contributed by atoms with Crippen LogP contribution in [0.2, 0.25) is 0 Å². The number of halogens is 1. The van der Waals surface area contributed by atoms with Gasteiger partial charge in [0.15, 0.2) is 0 Å². The largest absolute Gasteiger partial charge is 0.478 e. The Morgan fingerprint density at radius 2 is 2.19 bits per heavy atom. The number of rotatable bonds is 5. The van der Waals surface area contributed by atoms with E-state index in [1.165, 1.54) is 12.1 Å². The average molecular weight is 225 g/mol. The highest BCUT2D eigenvalue weighted by Crippen LogP contribution is 2.21. The Balaban J connectivity index is 2.98. The van der Waals surface area contributed by atoms with Gasteiger partial charge < -0.3 is 10.0 Å². The van der Waals surface area contributed by atoms with E-state index in [2.05, 4.69) is 6.92 Å². The number of carboxylic acid groups (broad SMARTS) is 1. The number of benzene rings is 1. The molecule has 1 rings (SSSR count). The molecule has 3 nitrogen and oxygen atoms in total. The minimum Gasteiger partial charge on any atom is -0.478 e. The van der Waals surface area contributed by atoms with Gasteiger partial charge in [-0.2, -0.15) is 0 Å². The normalized spacial score (nSPS) is 10.2. The van der Waals surface area contributed by atoms with Gasteiger partial charge in [-0.05, 0) is 24.6 Å². The number of nitrogens with zero attached hydrogens (tertiary/aromatic N) is 1. The van der Waals surface area contributed by atoms with Crippen LogP contribution in [0.25, 0.3) is 0 Å². The van der Waals surface area contributed by atoms with Crippen molar-refractivity contribution in [2.24, 2.45) is 0 Å². The monoisotopic (exact) mass is 225 g/mol. The summed E-state index contributed by atoms with van der Waals surface area (Å²) in [6, 6.07) is 3.85. The second-order valence-electron chi connectivity index (χ2n) is 3.74. The Morgan fingerprint density at radius 3 is 2.75 bits per heavy atom. The van der Waals surface area contributed by atoms with Gasteiger partial charge in [0.1, 0.15) is 5.82 Å². The van der Waals surface area contributed by atoms with Crippen molar-refractivity contribution in [3.63, 3.8) is 0 Å². The van der Waals surface area contributed by atoms with E-state index in [0.717, 1.165) is 25.5 Å². The molecule has 1 aromatic rings. The molecule has 0 fully saturated rings. The molecule has 0 amide bonds. The van der Waals surface area contributed by atoms with Crippen molar-refractivity contribution in [1.82, 2.24) is 0 Å². The molecule has 0 aliphatic carbocycles. The summed E-state index contributed by atoms with van der Waals surface area (Å²) in [6.45, 7) is 2.83. The van der Waals surface area contributed by atoms with Gasteiger partial charge in [-0.3, -0.25) is 0 Å². The van der Waals surface area contributed by atoms with Crippen LogP contribution in [0.15, 0.2) is 18.2 Å². The van der Waals surface area contributed by atoms with Gasteiger partial charge in [0.05, 0.1) is 11.3 Å². The fraction of sp³-hybridized carbons (Fsp3) is 0.417. The third-order valence-electron chi connectivity index (χ3n) is 2.45. The van der Waals surface area contributed by atoms with Gasteiger partial charge in [-0.25, -0.2) is 9.18 Å². The predicted octanol–water partition coefficient (Wildman–Crippen LogP) is 2.76. The molecule has 88 valence electrons. The van der Waals surface area contributed by atoms with E-state index in [9.17, 15) is 9.18 Å². The molecule has 4 heteroatoms. The molecular weight excluding hydrogens is 209 g/mol. The first kappa shape index (κ1) is 12.5. The summed E-state index contributed by atoms with van der Waals surface area (Å²) in [5, 5.41) is 8.97. The van der Waals surface area contributed by atoms with Gasteiger partial charge in [0, 0.05) is 13.6 Å². The molecule has 0 saturated heterocycles. The molecule has 0 aromatic heterocycles. The summed E-state index contributed by atoms with van der Waals surface area (Å²) < 4.78 is 12.9. The van der Waals surface area contributed by atoms with Crippen molar-refractivity contribution in [1.29, 1.82) is 0 Å². The third kappa shape index (κ3) is 2.95. The lowest BCUT2D eigenvalue weighted by Gasteiger charge is -2.20. The number of aromatic carboxylic acids is 1. The number of hydrogen-bond acceptors (Lipinski definition) is 2. The lowest BCUT2D eigenvalue weighted by molar-refractivity contribution is 0.0697. The SMILES string of the molecule is CCCCN(C)c1ccc(F)cc1C(=O)O. The zero-order valence-corrected chi connectivity index (χ0v) is 9.53. The van der Waals surface area contributed by atoms with E-state index in [1.807, 2.05) is 11.9 Å². The van der Waals surface area contributed by atoms with Crippen molar-refractivity contribution in [3.05, 3.63) is 29.6 Å². The minimum absolute atomic E-state index is 0.0126. The molecule has 0 heterocycles. The standard InChI is InChI=1S/C12H16FNO2/c1-3-4-7-14(2)11-6-5-9(13)8-10(11)12(15)16/h5-6,8H,3-4,7H2,1-2H3,(H,15,16). The zero-order valence-electron chi connectivity index (χ0n) is 9.53. The fourth-order valence-corrected chi connectivity index (χ4v) is 1.53. The number of carboxylic acids is 1. The Hall–Kier alpha value is -1.58. The highest BCUT2D eigenvalue weighted by molar-refractivity contribution is 5.94.